The molecule has 19 heavy (non-hydrogen) atoms. The average Bonchev–Trinajstić information content (AvgIpc) is 2.87. The van der Waals surface area contributed by atoms with Gasteiger partial charge >= 0.3 is 5.69 Å². The van der Waals surface area contributed by atoms with E-state index in [1.165, 1.54) is 12.1 Å². The van der Waals surface area contributed by atoms with E-state index in [9.17, 15) is 10.1 Å². The first-order valence-electron chi connectivity index (χ1n) is 6.43. The molecule has 1 aliphatic heterocycles. The first-order chi connectivity index (χ1) is 9.04. The van der Waals surface area contributed by atoms with Crippen molar-refractivity contribution in [3.05, 3.63) is 22.2 Å². The van der Waals surface area contributed by atoms with E-state index in [0.717, 1.165) is 19.4 Å². The third-order valence-electron chi connectivity index (χ3n) is 3.54. The summed E-state index contributed by atoms with van der Waals surface area (Å²) in [4.78, 5) is 17.1. The zero-order valence-electron chi connectivity index (χ0n) is 11.2. The number of anilines is 2. The molecule has 1 aromatic heterocycles. The summed E-state index contributed by atoms with van der Waals surface area (Å²) >= 11 is 0. The van der Waals surface area contributed by atoms with Crippen LogP contribution in [0.5, 0.6) is 0 Å². The van der Waals surface area contributed by atoms with Gasteiger partial charge in [0.2, 0.25) is 5.82 Å². The molecule has 0 bridgehead atoms. The molecule has 2 rings (SSSR count). The van der Waals surface area contributed by atoms with Crippen LogP contribution in [-0.4, -0.2) is 22.5 Å². The molecule has 0 spiro atoms. The molecule has 1 aromatic rings. The van der Waals surface area contributed by atoms with Gasteiger partial charge in [-0.05, 0) is 24.8 Å². The Morgan fingerprint density at radius 3 is 2.89 bits per heavy atom. The van der Waals surface area contributed by atoms with Crippen LogP contribution in [0.4, 0.5) is 17.3 Å². The van der Waals surface area contributed by atoms with E-state index in [1.807, 2.05) is 4.90 Å². The van der Waals surface area contributed by atoms with E-state index < -0.39 is 4.92 Å². The van der Waals surface area contributed by atoms with Crippen molar-refractivity contribution in [3.8, 4) is 0 Å². The molecule has 7 nitrogen and oxygen atoms in total. The fourth-order valence-corrected chi connectivity index (χ4v) is 2.62. The Bertz CT molecular complexity index is 477. The van der Waals surface area contributed by atoms with E-state index in [0.29, 0.717) is 23.6 Å². The van der Waals surface area contributed by atoms with Crippen LogP contribution in [0.2, 0.25) is 0 Å². The summed E-state index contributed by atoms with van der Waals surface area (Å²) in [7, 11) is 0. The maximum atomic E-state index is 11.1. The third kappa shape index (κ3) is 2.60. The summed E-state index contributed by atoms with van der Waals surface area (Å²) in [6.45, 7) is 5.05. The van der Waals surface area contributed by atoms with Gasteiger partial charge in [0.05, 0.1) is 4.92 Å². The largest absolute Gasteiger partial charge is 0.348 e. The minimum absolute atomic E-state index is 0.0338. The molecule has 0 aliphatic carbocycles. The van der Waals surface area contributed by atoms with Crippen LogP contribution < -0.4 is 16.2 Å². The lowest BCUT2D eigenvalue weighted by atomic mass is 10.0. The van der Waals surface area contributed by atoms with Crippen LogP contribution in [0.15, 0.2) is 12.1 Å². The Morgan fingerprint density at radius 2 is 2.32 bits per heavy atom. The first kappa shape index (κ1) is 13.5. The minimum Gasteiger partial charge on any atom is -0.348 e. The molecule has 0 saturated carbocycles. The van der Waals surface area contributed by atoms with Crippen molar-refractivity contribution in [1.82, 2.24) is 4.98 Å². The Morgan fingerprint density at radius 1 is 1.58 bits per heavy atom. The number of hydrazine groups is 1. The Balaban J connectivity index is 2.43. The second-order valence-corrected chi connectivity index (χ2v) is 5.09. The zero-order chi connectivity index (χ0) is 14.0. The normalized spacial score (nSPS) is 18.9. The number of pyridine rings is 1. The van der Waals surface area contributed by atoms with Gasteiger partial charge in [-0.15, -0.1) is 0 Å². The zero-order valence-corrected chi connectivity index (χ0v) is 11.2. The Labute approximate surface area is 111 Å². The highest BCUT2D eigenvalue weighted by Crippen LogP contribution is 2.35. The lowest BCUT2D eigenvalue weighted by Gasteiger charge is -2.28. The number of nitrogens with one attached hydrogen (secondary N) is 1. The fourth-order valence-electron chi connectivity index (χ4n) is 2.62. The Kier molecular flexibility index (Phi) is 3.84. The number of nitrogen functional groups attached to an aromatic ring is 1. The minimum atomic E-state index is -0.391. The molecular weight excluding hydrogens is 246 g/mol. The molecule has 0 amide bonds. The van der Waals surface area contributed by atoms with E-state index in [-0.39, 0.29) is 5.69 Å². The highest BCUT2D eigenvalue weighted by Gasteiger charge is 2.32. The molecule has 104 valence electrons. The van der Waals surface area contributed by atoms with Crippen molar-refractivity contribution < 1.29 is 4.92 Å². The molecule has 0 radical (unpaired) electrons. The topological polar surface area (TPSA) is 97.3 Å². The number of hydrogen-bond acceptors (Lipinski definition) is 6. The third-order valence-corrected chi connectivity index (χ3v) is 3.54. The van der Waals surface area contributed by atoms with E-state index in [4.69, 9.17) is 5.84 Å². The van der Waals surface area contributed by atoms with Gasteiger partial charge in [0.15, 0.2) is 0 Å². The predicted octanol–water partition coefficient (Wildman–Crippen LogP) is 1.90. The average molecular weight is 265 g/mol. The van der Waals surface area contributed by atoms with Gasteiger partial charge in [0.1, 0.15) is 5.82 Å². The summed E-state index contributed by atoms with van der Waals surface area (Å²) in [5, 5.41) is 11.1. The molecule has 7 heteroatoms. The molecule has 1 unspecified atom stereocenters. The van der Waals surface area contributed by atoms with Crippen molar-refractivity contribution in [1.29, 1.82) is 0 Å². The number of rotatable bonds is 4. The van der Waals surface area contributed by atoms with Crippen molar-refractivity contribution >= 4 is 17.3 Å². The van der Waals surface area contributed by atoms with Crippen molar-refractivity contribution in [3.63, 3.8) is 0 Å². The van der Waals surface area contributed by atoms with Gasteiger partial charge in [-0.2, -0.15) is 0 Å². The van der Waals surface area contributed by atoms with Gasteiger partial charge in [-0.3, -0.25) is 10.1 Å². The van der Waals surface area contributed by atoms with Gasteiger partial charge in [-0.25, -0.2) is 10.8 Å². The first-order valence-corrected chi connectivity index (χ1v) is 6.43. The monoisotopic (exact) mass is 265 g/mol. The number of hydrogen-bond donors (Lipinski definition) is 2. The molecule has 3 N–H and O–H groups in total. The molecule has 0 aromatic carbocycles. The molecule has 2 heterocycles. The lowest BCUT2D eigenvalue weighted by molar-refractivity contribution is -0.384. The summed E-state index contributed by atoms with van der Waals surface area (Å²) in [6, 6.07) is 3.26. The van der Waals surface area contributed by atoms with Crippen LogP contribution >= 0.6 is 0 Å². The van der Waals surface area contributed by atoms with E-state index in [2.05, 4.69) is 24.3 Å². The summed E-state index contributed by atoms with van der Waals surface area (Å²) < 4.78 is 0. The van der Waals surface area contributed by atoms with Crippen LogP contribution in [0.25, 0.3) is 0 Å². The molecule has 1 aliphatic rings. The fraction of sp³-hybridized carbons (Fsp3) is 0.583. The highest BCUT2D eigenvalue weighted by molar-refractivity contribution is 5.62. The lowest BCUT2D eigenvalue weighted by Crippen LogP contribution is -2.34. The smallest absolute Gasteiger partial charge is 0.311 e. The van der Waals surface area contributed by atoms with Gasteiger partial charge < -0.3 is 10.3 Å². The van der Waals surface area contributed by atoms with Crippen LogP contribution in [0.3, 0.4) is 0 Å². The van der Waals surface area contributed by atoms with E-state index in [1.54, 1.807) is 0 Å². The van der Waals surface area contributed by atoms with Crippen LogP contribution in [-0.2, 0) is 0 Å². The summed E-state index contributed by atoms with van der Waals surface area (Å²) in [5.74, 6) is 6.62. The Hall–Kier alpha value is -1.89. The van der Waals surface area contributed by atoms with Crippen molar-refractivity contribution in [2.24, 2.45) is 11.8 Å². The van der Waals surface area contributed by atoms with Crippen molar-refractivity contribution in [2.75, 3.05) is 16.9 Å². The number of nitrogens with two attached hydrogens (primary N) is 1. The van der Waals surface area contributed by atoms with Gasteiger partial charge in [-0.1, -0.05) is 13.8 Å². The molecular formula is C12H19N5O2. The van der Waals surface area contributed by atoms with Crippen molar-refractivity contribution in [2.45, 2.75) is 32.7 Å². The number of nitro groups is 1. The van der Waals surface area contributed by atoms with Crippen LogP contribution in [0.1, 0.15) is 26.7 Å². The van der Waals surface area contributed by atoms with Crippen LogP contribution in [0, 0.1) is 16.0 Å². The highest BCUT2D eigenvalue weighted by atomic mass is 16.6. The number of aromatic nitrogens is 1. The molecule has 1 atom stereocenters. The maximum absolute atomic E-state index is 11.1. The second-order valence-electron chi connectivity index (χ2n) is 5.09. The predicted molar refractivity (Wildman–Crippen MR) is 73.9 cm³/mol. The number of nitrogens with zero attached hydrogens (tertiary/aromatic N) is 3. The van der Waals surface area contributed by atoms with Gasteiger partial charge in [0.25, 0.3) is 0 Å². The SMILES string of the molecule is CC(C)C1CCCN1c1nc(NN)ccc1[N+](=O)[O-]. The quantitative estimate of drug-likeness (QED) is 0.490. The second kappa shape index (κ2) is 5.40. The van der Waals surface area contributed by atoms with Gasteiger partial charge in [0, 0.05) is 18.7 Å². The molecule has 1 fully saturated rings. The molecule has 1 saturated heterocycles. The summed E-state index contributed by atoms with van der Waals surface area (Å²) in [5.41, 5.74) is 2.47. The summed E-state index contributed by atoms with van der Waals surface area (Å²) in [6.07, 6.45) is 2.07. The maximum Gasteiger partial charge on any atom is 0.311 e. The standard InChI is InChI=1S/C12H19N5O2/c1-8(2)9-4-3-7-16(9)12-10(17(18)19)5-6-11(14-12)15-13/h5-6,8-9H,3-4,7,13H2,1-2H3,(H,14,15). The van der Waals surface area contributed by atoms with E-state index >= 15 is 0 Å².